The van der Waals surface area contributed by atoms with Gasteiger partial charge >= 0.3 is 0 Å². The van der Waals surface area contributed by atoms with Gasteiger partial charge in [-0.1, -0.05) is 18.2 Å². The molecule has 1 aliphatic heterocycles. The van der Waals surface area contributed by atoms with Crippen LogP contribution in [0.2, 0.25) is 0 Å². The van der Waals surface area contributed by atoms with Crippen molar-refractivity contribution in [2.45, 2.75) is 25.8 Å². The van der Waals surface area contributed by atoms with Crippen molar-refractivity contribution in [2.24, 2.45) is 0 Å². The number of anilines is 2. The molecule has 7 nitrogen and oxygen atoms in total. The SMILES string of the molecule is COc1ccc(C2CCCN2C(=O)/C=C/c2csc(N(C(C)=O)c3ccccc3F)n2)cc1OC. The molecule has 1 saturated heterocycles. The van der Waals surface area contributed by atoms with E-state index in [1.165, 1.54) is 41.4 Å². The molecule has 182 valence electrons. The highest BCUT2D eigenvalue weighted by Crippen LogP contribution is 2.37. The van der Waals surface area contributed by atoms with Crippen molar-refractivity contribution in [3.63, 3.8) is 0 Å². The fourth-order valence-corrected chi connectivity index (χ4v) is 5.03. The molecule has 1 unspecified atom stereocenters. The average molecular weight is 496 g/mol. The maximum absolute atomic E-state index is 14.3. The Morgan fingerprint density at radius 1 is 1.17 bits per heavy atom. The number of halogens is 1. The molecule has 2 heterocycles. The Labute approximate surface area is 207 Å². The molecule has 1 aromatic heterocycles. The van der Waals surface area contributed by atoms with Crippen LogP contribution >= 0.6 is 11.3 Å². The number of rotatable bonds is 7. The fourth-order valence-electron chi connectivity index (χ4n) is 4.19. The molecule has 0 radical (unpaired) electrons. The summed E-state index contributed by atoms with van der Waals surface area (Å²) in [7, 11) is 3.17. The zero-order valence-corrected chi connectivity index (χ0v) is 20.5. The number of likely N-dealkylation sites (tertiary alicyclic amines) is 1. The summed E-state index contributed by atoms with van der Waals surface area (Å²) in [4.78, 5) is 32.8. The van der Waals surface area contributed by atoms with Crippen LogP contribution in [0.3, 0.4) is 0 Å². The van der Waals surface area contributed by atoms with Crippen molar-refractivity contribution < 1.29 is 23.5 Å². The van der Waals surface area contributed by atoms with Gasteiger partial charge in [0.05, 0.1) is 31.6 Å². The zero-order chi connectivity index (χ0) is 24.9. The Hall–Kier alpha value is -3.72. The number of hydrogen-bond donors (Lipinski definition) is 0. The van der Waals surface area contributed by atoms with Gasteiger partial charge in [0.2, 0.25) is 11.8 Å². The predicted octanol–water partition coefficient (Wildman–Crippen LogP) is 5.36. The lowest BCUT2D eigenvalue weighted by molar-refractivity contribution is -0.126. The Balaban J connectivity index is 1.51. The van der Waals surface area contributed by atoms with E-state index in [0.717, 1.165) is 18.4 Å². The summed E-state index contributed by atoms with van der Waals surface area (Å²) in [5.41, 5.74) is 1.64. The molecule has 1 fully saturated rings. The number of ether oxygens (including phenoxy) is 2. The van der Waals surface area contributed by atoms with E-state index < -0.39 is 5.82 Å². The Morgan fingerprint density at radius 3 is 2.66 bits per heavy atom. The van der Waals surface area contributed by atoms with Crippen LogP contribution in [0, 0.1) is 5.82 Å². The summed E-state index contributed by atoms with van der Waals surface area (Å²) in [5.74, 6) is 0.265. The van der Waals surface area contributed by atoms with Crippen LogP contribution in [0.15, 0.2) is 53.9 Å². The van der Waals surface area contributed by atoms with Crippen molar-refractivity contribution in [1.29, 1.82) is 0 Å². The van der Waals surface area contributed by atoms with Gasteiger partial charge < -0.3 is 14.4 Å². The molecule has 4 rings (SSSR count). The summed E-state index contributed by atoms with van der Waals surface area (Å²) >= 11 is 1.20. The fraction of sp³-hybridized carbons (Fsp3) is 0.269. The number of benzene rings is 2. The zero-order valence-electron chi connectivity index (χ0n) is 19.7. The number of thiazole rings is 1. The highest BCUT2D eigenvalue weighted by Gasteiger charge is 2.29. The molecule has 0 saturated carbocycles. The molecule has 2 amide bonds. The third kappa shape index (κ3) is 5.19. The number of aromatic nitrogens is 1. The first-order chi connectivity index (χ1) is 16.9. The van der Waals surface area contributed by atoms with Gasteiger partial charge in [-0.3, -0.25) is 14.5 Å². The van der Waals surface area contributed by atoms with E-state index in [9.17, 15) is 14.0 Å². The van der Waals surface area contributed by atoms with Crippen LogP contribution in [0.25, 0.3) is 6.08 Å². The van der Waals surface area contributed by atoms with Gasteiger partial charge in [0.1, 0.15) is 5.82 Å². The van der Waals surface area contributed by atoms with Gasteiger partial charge in [-0.25, -0.2) is 9.37 Å². The molecule has 2 aromatic carbocycles. The molecular weight excluding hydrogens is 469 g/mol. The van der Waals surface area contributed by atoms with E-state index in [1.807, 2.05) is 23.1 Å². The number of amides is 2. The maximum Gasteiger partial charge on any atom is 0.247 e. The summed E-state index contributed by atoms with van der Waals surface area (Å²) in [6.45, 7) is 2.00. The Morgan fingerprint density at radius 2 is 1.94 bits per heavy atom. The summed E-state index contributed by atoms with van der Waals surface area (Å²) in [5, 5.41) is 2.06. The van der Waals surface area contributed by atoms with Crippen LogP contribution in [0.4, 0.5) is 15.2 Å². The Bertz CT molecular complexity index is 1260. The molecule has 1 atom stereocenters. The number of carbonyl (C=O) groups is 2. The molecule has 0 N–H and O–H groups in total. The van der Waals surface area contributed by atoms with Gasteiger partial charge in [0.25, 0.3) is 0 Å². The van der Waals surface area contributed by atoms with E-state index >= 15 is 0 Å². The quantitative estimate of drug-likeness (QED) is 0.413. The van der Waals surface area contributed by atoms with Gasteiger partial charge in [0, 0.05) is 24.9 Å². The minimum Gasteiger partial charge on any atom is -0.493 e. The minimum atomic E-state index is -0.514. The van der Waals surface area contributed by atoms with Crippen LogP contribution in [-0.4, -0.2) is 42.5 Å². The molecule has 35 heavy (non-hydrogen) atoms. The lowest BCUT2D eigenvalue weighted by Crippen LogP contribution is -2.28. The van der Waals surface area contributed by atoms with Gasteiger partial charge in [0.15, 0.2) is 16.6 Å². The van der Waals surface area contributed by atoms with Crippen molar-refractivity contribution >= 4 is 40.0 Å². The van der Waals surface area contributed by atoms with E-state index in [1.54, 1.807) is 37.8 Å². The maximum atomic E-state index is 14.3. The molecule has 0 aliphatic carbocycles. The van der Waals surface area contributed by atoms with Crippen molar-refractivity contribution in [3.05, 3.63) is 71.0 Å². The monoisotopic (exact) mass is 495 g/mol. The van der Waals surface area contributed by atoms with Crippen molar-refractivity contribution in [2.75, 3.05) is 25.7 Å². The van der Waals surface area contributed by atoms with Gasteiger partial charge in [-0.2, -0.15) is 0 Å². The van der Waals surface area contributed by atoms with E-state index in [4.69, 9.17) is 9.47 Å². The van der Waals surface area contributed by atoms with Crippen LogP contribution in [0.5, 0.6) is 11.5 Å². The number of para-hydroxylation sites is 1. The molecule has 0 bridgehead atoms. The third-order valence-corrected chi connectivity index (χ3v) is 6.68. The van der Waals surface area contributed by atoms with Gasteiger partial charge in [-0.15, -0.1) is 11.3 Å². The summed E-state index contributed by atoms with van der Waals surface area (Å²) in [6.07, 6.45) is 4.85. The largest absolute Gasteiger partial charge is 0.493 e. The summed E-state index contributed by atoms with van der Waals surface area (Å²) < 4.78 is 25.0. The second-order valence-corrected chi connectivity index (χ2v) is 8.83. The normalized spacial score (nSPS) is 15.4. The standard InChI is InChI=1S/C26H26FN3O4S/c1-17(31)30(22-8-5-4-7-20(22)27)26-28-19(16-35-26)11-13-25(32)29-14-6-9-21(29)18-10-12-23(33-2)24(15-18)34-3/h4-5,7-8,10-13,15-16,21H,6,9,14H2,1-3H3/b13-11+. The number of nitrogens with zero attached hydrogens (tertiary/aromatic N) is 3. The van der Waals surface area contributed by atoms with Crippen molar-refractivity contribution in [1.82, 2.24) is 9.88 Å². The summed E-state index contributed by atoms with van der Waals surface area (Å²) in [6, 6.07) is 11.7. The van der Waals surface area contributed by atoms with Crippen molar-refractivity contribution in [3.8, 4) is 11.5 Å². The topological polar surface area (TPSA) is 72.0 Å². The molecule has 9 heteroatoms. The number of methoxy groups -OCH3 is 2. The first kappa shape index (κ1) is 24.4. The minimum absolute atomic E-state index is 0.0628. The van der Waals surface area contributed by atoms with E-state index in [0.29, 0.717) is 28.9 Å². The second-order valence-electron chi connectivity index (χ2n) is 8.00. The predicted molar refractivity (Wildman–Crippen MR) is 134 cm³/mol. The molecular formula is C26H26FN3O4S. The lowest BCUT2D eigenvalue weighted by Gasteiger charge is -2.24. The van der Waals surface area contributed by atoms with Crippen LogP contribution < -0.4 is 14.4 Å². The molecule has 0 spiro atoms. The highest BCUT2D eigenvalue weighted by atomic mass is 32.1. The molecule has 1 aliphatic rings. The van der Waals surface area contributed by atoms with E-state index in [-0.39, 0.29) is 23.5 Å². The Kier molecular flexibility index (Phi) is 7.45. The highest BCUT2D eigenvalue weighted by molar-refractivity contribution is 7.14. The smallest absolute Gasteiger partial charge is 0.247 e. The third-order valence-electron chi connectivity index (χ3n) is 5.83. The lowest BCUT2D eigenvalue weighted by atomic mass is 10.0. The van der Waals surface area contributed by atoms with Gasteiger partial charge in [-0.05, 0) is 48.7 Å². The van der Waals surface area contributed by atoms with Crippen LogP contribution in [0.1, 0.15) is 37.1 Å². The molecule has 3 aromatic rings. The second kappa shape index (κ2) is 10.7. The number of carbonyl (C=O) groups excluding carboxylic acids is 2. The average Bonchev–Trinajstić information content (AvgIpc) is 3.53. The first-order valence-electron chi connectivity index (χ1n) is 11.1. The first-order valence-corrected chi connectivity index (χ1v) is 12.0. The number of hydrogen-bond acceptors (Lipinski definition) is 6. The van der Waals surface area contributed by atoms with Crippen LogP contribution in [-0.2, 0) is 9.59 Å². The van der Waals surface area contributed by atoms with E-state index in [2.05, 4.69) is 4.98 Å².